The number of ether oxygens (including phenoxy) is 1. The van der Waals surface area contributed by atoms with Gasteiger partial charge in [0.2, 0.25) is 0 Å². The zero-order valence-electron chi connectivity index (χ0n) is 18.7. The van der Waals surface area contributed by atoms with Gasteiger partial charge in [-0.05, 0) is 59.2 Å². The molecule has 162 valence electrons. The molecule has 0 radical (unpaired) electrons. The Balaban J connectivity index is 1.69. The number of aromatic nitrogens is 1. The number of piperidine rings is 1. The van der Waals surface area contributed by atoms with Crippen LogP contribution in [0.1, 0.15) is 71.4 Å². The molecule has 0 spiro atoms. The van der Waals surface area contributed by atoms with Gasteiger partial charge in [-0.25, -0.2) is 9.78 Å². The van der Waals surface area contributed by atoms with E-state index in [1.165, 1.54) is 50.8 Å². The van der Waals surface area contributed by atoms with Crippen molar-refractivity contribution in [2.75, 3.05) is 44.2 Å². The van der Waals surface area contributed by atoms with E-state index in [1.807, 2.05) is 31.9 Å². The number of likely N-dealkylation sites (tertiary alicyclic amines) is 1. The van der Waals surface area contributed by atoms with Crippen LogP contribution in [-0.2, 0) is 4.74 Å². The van der Waals surface area contributed by atoms with E-state index in [4.69, 9.17) is 9.72 Å². The summed E-state index contributed by atoms with van der Waals surface area (Å²) < 4.78 is 5.53. The molecule has 1 aromatic rings. The molecular formula is C23H38N4O2. The molecule has 2 fully saturated rings. The number of hydrogen-bond acceptors (Lipinski definition) is 5. The van der Waals surface area contributed by atoms with Gasteiger partial charge in [-0.1, -0.05) is 25.8 Å². The van der Waals surface area contributed by atoms with Crippen molar-refractivity contribution in [3.8, 4) is 0 Å². The highest BCUT2D eigenvalue weighted by Gasteiger charge is 2.30. The van der Waals surface area contributed by atoms with Gasteiger partial charge in [0.15, 0.2) is 0 Å². The van der Waals surface area contributed by atoms with E-state index in [2.05, 4.69) is 28.9 Å². The minimum atomic E-state index is -0.453. The smallest absolute Gasteiger partial charge is 0.410 e. The summed E-state index contributed by atoms with van der Waals surface area (Å²) in [6.07, 6.45) is 7.96. The van der Waals surface area contributed by atoms with Crippen LogP contribution >= 0.6 is 0 Å². The predicted molar refractivity (Wildman–Crippen MR) is 117 cm³/mol. The van der Waals surface area contributed by atoms with Crippen LogP contribution in [0.2, 0.25) is 0 Å². The zero-order chi connectivity index (χ0) is 20.9. The normalized spacial score (nSPS) is 21.3. The van der Waals surface area contributed by atoms with Crippen LogP contribution in [0.3, 0.4) is 0 Å². The lowest BCUT2D eigenvalue weighted by Gasteiger charge is -2.40. The Morgan fingerprint density at radius 1 is 1.17 bits per heavy atom. The Morgan fingerprint density at radius 2 is 1.93 bits per heavy atom. The fourth-order valence-corrected chi connectivity index (χ4v) is 4.33. The molecule has 3 rings (SSSR count). The lowest BCUT2D eigenvalue weighted by molar-refractivity contribution is 0.0240. The van der Waals surface area contributed by atoms with Gasteiger partial charge in [-0.3, -0.25) is 4.90 Å². The monoisotopic (exact) mass is 402 g/mol. The molecule has 6 heteroatoms. The highest BCUT2D eigenvalue weighted by atomic mass is 16.6. The van der Waals surface area contributed by atoms with E-state index in [0.717, 1.165) is 18.9 Å². The minimum absolute atomic E-state index is 0.212. The van der Waals surface area contributed by atoms with Crippen LogP contribution in [0.5, 0.6) is 0 Å². The third-order valence-corrected chi connectivity index (χ3v) is 5.82. The molecule has 1 amide bonds. The molecular weight excluding hydrogens is 364 g/mol. The number of rotatable bonds is 5. The molecule has 0 aromatic carbocycles. The lowest BCUT2D eigenvalue weighted by Crippen LogP contribution is -2.50. The van der Waals surface area contributed by atoms with Gasteiger partial charge in [0, 0.05) is 44.0 Å². The van der Waals surface area contributed by atoms with Crippen molar-refractivity contribution < 1.29 is 9.53 Å². The van der Waals surface area contributed by atoms with Crippen molar-refractivity contribution in [1.29, 1.82) is 0 Å². The predicted octanol–water partition coefficient (Wildman–Crippen LogP) is 4.47. The second-order valence-electron chi connectivity index (χ2n) is 9.27. The summed E-state index contributed by atoms with van der Waals surface area (Å²) in [7, 11) is 0. The first-order valence-corrected chi connectivity index (χ1v) is 11.3. The lowest BCUT2D eigenvalue weighted by atomic mass is 9.94. The first-order chi connectivity index (χ1) is 13.9. The standard InChI is InChI=1S/C23H38N4O2/c1-5-6-13-25-14-8-7-11-20(25)19-10-9-12-24-21(19)26-15-17-27(18-16-26)22(28)29-23(2,3)4/h9-10,12,20H,5-8,11,13-18H2,1-4H3. The van der Waals surface area contributed by atoms with Crippen LogP contribution in [0.25, 0.3) is 0 Å². The molecule has 29 heavy (non-hydrogen) atoms. The number of carbonyl (C=O) groups excluding carboxylic acids is 1. The molecule has 1 aromatic heterocycles. The summed E-state index contributed by atoms with van der Waals surface area (Å²) in [6, 6.07) is 4.79. The Morgan fingerprint density at radius 3 is 2.62 bits per heavy atom. The highest BCUT2D eigenvalue weighted by molar-refractivity contribution is 5.68. The van der Waals surface area contributed by atoms with Gasteiger partial charge in [0.05, 0.1) is 0 Å². The molecule has 0 N–H and O–H groups in total. The Hall–Kier alpha value is -1.82. The number of pyridine rings is 1. The molecule has 3 heterocycles. The van der Waals surface area contributed by atoms with Gasteiger partial charge >= 0.3 is 6.09 Å². The summed E-state index contributed by atoms with van der Waals surface area (Å²) in [5.41, 5.74) is 0.903. The van der Waals surface area contributed by atoms with E-state index in [-0.39, 0.29) is 6.09 Å². The van der Waals surface area contributed by atoms with Crippen molar-refractivity contribution in [3.05, 3.63) is 23.9 Å². The molecule has 2 aliphatic rings. The van der Waals surface area contributed by atoms with Crippen LogP contribution in [0, 0.1) is 0 Å². The third kappa shape index (κ3) is 5.84. The highest BCUT2D eigenvalue weighted by Crippen LogP contribution is 2.35. The molecule has 0 bridgehead atoms. The van der Waals surface area contributed by atoms with Crippen molar-refractivity contribution in [2.45, 2.75) is 71.4 Å². The summed E-state index contributed by atoms with van der Waals surface area (Å²) in [6.45, 7) is 13.3. The van der Waals surface area contributed by atoms with Crippen molar-refractivity contribution in [1.82, 2.24) is 14.8 Å². The molecule has 1 atom stereocenters. The van der Waals surface area contributed by atoms with Gasteiger partial charge in [-0.15, -0.1) is 0 Å². The van der Waals surface area contributed by atoms with Gasteiger partial charge in [0.25, 0.3) is 0 Å². The largest absolute Gasteiger partial charge is 0.444 e. The SMILES string of the molecule is CCCCN1CCCCC1c1cccnc1N1CCN(C(=O)OC(C)(C)C)CC1. The maximum absolute atomic E-state index is 12.4. The van der Waals surface area contributed by atoms with Gasteiger partial charge < -0.3 is 14.5 Å². The Kier molecular flexibility index (Phi) is 7.38. The van der Waals surface area contributed by atoms with Crippen LogP contribution < -0.4 is 4.90 Å². The van der Waals surface area contributed by atoms with E-state index >= 15 is 0 Å². The number of unbranched alkanes of at least 4 members (excludes halogenated alkanes) is 1. The average Bonchev–Trinajstić information content (AvgIpc) is 2.71. The fourth-order valence-electron chi connectivity index (χ4n) is 4.33. The Labute approximate surface area is 176 Å². The summed E-state index contributed by atoms with van der Waals surface area (Å²) in [4.78, 5) is 24.0. The maximum atomic E-state index is 12.4. The van der Waals surface area contributed by atoms with Crippen molar-refractivity contribution in [3.63, 3.8) is 0 Å². The summed E-state index contributed by atoms with van der Waals surface area (Å²) in [5.74, 6) is 1.10. The third-order valence-electron chi connectivity index (χ3n) is 5.82. The number of anilines is 1. The number of hydrogen-bond donors (Lipinski definition) is 0. The van der Waals surface area contributed by atoms with E-state index in [9.17, 15) is 4.79 Å². The number of amides is 1. The minimum Gasteiger partial charge on any atom is -0.444 e. The molecule has 2 saturated heterocycles. The first kappa shape index (κ1) is 21.9. The second-order valence-corrected chi connectivity index (χ2v) is 9.27. The average molecular weight is 403 g/mol. The topological polar surface area (TPSA) is 48.9 Å². The van der Waals surface area contributed by atoms with E-state index in [0.29, 0.717) is 19.1 Å². The van der Waals surface area contributed by atoms with Crippen LogP contribution in [0.15, 0.2) is 18.3 Å². The van der Waals surface area contributed by atoms with E-state index < -0.39 is 5.60 Å². The fraction of sp³-hybridized carbons (Fsp3) is 0.739. The molecule has 0 saturated carbocycles. The van der Waals surface area contributed by atoms with Crippen molar-refractivity contribution >= 4 is 11.9 Å². The van der Waals surface area contributed by atoms with E-state index in [1.54, 1.807) is 0 Å². The van der Waals surface area contributed by atoms with Gasteiger partial charge in [-0.2, -0.15) is 0 Å². The summed E-state index contributed by atoms with van der Waals surface area (Å²) >= 11 is 0. The Bertz CT molecular complexity index is 665. The quantitative estimate of drug-likeness (QED) is 0.727. The molecule has 0 aliphatic carbocycles. The van der Waals surface area contributed by atoms with Crippen LogP contribution in [0.4, 0.5) is 10.6 Å². The summed E-state index contributed by atoms with van der Waals surface area (Å²) in [5, 5.41) is 0. The van der Waals surface area contributed by atoms with Crippen molar-refractivity contribution in [2.24, 2.45) is 0 Å². The molecule has 1 unspecified atom stereocenters. The van der Waals surface area contributed by atoms with Crippen LogP contribution in [-0.4, -0.2) is 65.7 Å². The number of carbonyl (C=O) groups is 1. The molecule has 2 aliphatic heterocycles. The molecule has 6 nitrogen and oxygen atoms in total. The zero-order valence-corrected chi connectivity index (χ0v) is 18.7. The maximum Gasteiger partial charge on any atom is 0.410 e. The second kappa shape index (κ2) is 9.79. The number of nitrogens with zero attached hydrogens (tertiary/aromatic N) is 4. The van der Waals surface area contributed by atoms with Gasteiger partial charge in [0.1, 0.15) is 11.4 Å². The first-order valence-electron chi connectivity index (χ1n) is 11.3. The number of piperazine rings is 1.